The second-order valence-electron chi connectivity index (χ2n) is 13.4. The highest BCUT2D eigenvalue weighted by molar-refractivity contribution is 6.30. The summed E-state index contributed by atoms with van der Waals surface area (Å²) in [5.41, 5.74) is 1.54. The number of halogens is 1. The summed E-state index contributed by atoms with van der Waals surface area (Å²) >= 11 is 6.19. The minimum atomic E-state index is -1.22. The van der Waals surface area contributed by atoms with Crippen molar-refractivity contribution in [2.75, 3.05) is 11.4 Å². The van der Waals surface area contributed by atoms with Crippen LogP contribution in [0.25, 0.3) is 0 Å². The van der Waals surface area contributed by atoms with Crippen molar-refractivity contribution < 1.29 is 39.0 Å². The zero-order valence-electron chi connectivity index (χ0n) is 28.8. The molecule has 1 aromatic heterocycles. The summed E-state index contributed by atoms with van der Waals surface area (Å²) in [7, 11) is 0. The van der Waals surface area contributed by atoms with Crippen molar-refractivity contribution >= 4 is 52.9 Å². The highest BCUT2D eigenvalue weighted by Crippen LogP contribution is 2.42. The summed E-state index contributed by atoms with van der Waals surface area (Å²) in [5.74, 6) is -3.79. The van der Waals surface area contributed by atoms with Crippen LogP contribution in [0, 0.1) is 5.41 Å². The number of aromatic nitrogens is 1. The molecule has 3 unspecified atom stereocenters. The number of anilines is 1. The minimum absolute atomic E-state index is 0.0267. The second-order valence-corrected chi connectivity index (χ2v) is 13.8. The fraction of sp³-hybridized carbons (Fsp3) is 0.395. The van der Waals surface area contributed by atoms with Crippen LogP contribution in [-0.4, -0.2) is 74.3 Å². The lowest BCUT2D eigenvalue weighted by Crippen LogP contribution is -2.49. The number of hydrogen-bond acceptors (Lipinski definition) is 7. The summed E-state index contributed by atoms with van der Waals surface area (Å²) in [6.07, 6.45) is 4.94. The van der Waals surface area contributed by atoms with Gasteiger partial charge in [-0.1, -0.05) is 54.8 Å². The highest BCUT2D eigenvalue weighted by atomic mass is 35.5. The molecule has 2 fully saturated rings. The summed E-state index contributed by atoms with van der Waals surface area (Å²) in [6.45, 7) is 1.73. The highest BCUT2D eigenvalue weighted by Gasteiger charge is 2.49. The van der Waals surface area contributed by atoms with Crippen molar-refractivity contribution in [2.45, 2.75) is 83.0 Å². The van der Waals surface area contributed by atoms with Crippen molar-refractivity contribution in [3.05, 3.63) is 94.8 Å². The fourth-order valence-corrected chi connectivity index (χ4v) is 7.27. The molecule has 0 bridgehead atoms. The Balaban J connectivity index is 1.43. The Labute approximate surface area is 306 Å². The third-order valence-electron chi connectivity index (χ3n) is 9.80. The van der Waals surface area contributed by atoms with E-state index in [4.69, 9.17) is 11.6 Å². The van der Waals surface area contributed by atoms with Crippen molar-refractivity contribution in [2.24, 2.45) is 5.41 Å². The number of benzene rings is 2. The van der Waals surface area contributed by atoms with Crippen LogP contribution < -0.4 is 15.5 Å². The monoisotopic (exact) mass is 731 g/mol. The number of carbonyl (C=O) groups excluding carboxylic acids is 4. The first-order valence-electron chi connectivity index (χ1n) is 17.3. The normalized spacial score (nSPS) is 18.5. The maximum absolute atomic E-state index is 14.4. The van der Waals surface area contributed by atoms with E-state index in [0.29, 0.717) is 53.2 Å². The summed E-state index contributed by atoms with van der Waals surface area (Å²) in [4.78, 5) is 84.0. The van der Waals surface area contributed by atoms with Crippen LogP contribution in [0.2, 0.25) is 5.02 Å². The van der Waals surface area contributed by atoms with E-state index >= 15 is 0 Å². The number of aliphatic carboxylic acids is 2. The molecule has 1 aliphatic heterocycles. The Morgan fingerprint density at radius 2 is 1.65 bits per heavy atom. The van der Waals surface area contributed by atoms with Crippen molar-refractivity contribution in [3.63, 3.8) is 0 Å². The largest absolute Gasteiger partial charge is 0.481 e. The van der Waals surface area contributed by atoms with Crippen LogP contribution in [0.15, 0.2) is 73.1 Å². The van der Waals surface area contributed by atoms with Crippen LogP contribution in [0.5, 0.6) is 0 Å². The number of carbonyl (C=O) groups is 6. The van der Waals surface area contributed by atoms with Gasteiger partial charge in [-0.3, -0.25) is 33.9 Å². The fourth-order valence-electron chi connectivity index (χ4n) is 7.15. The summed E-state index contributed by atoms with van der Waals surface area (Å²) in [6, 6.07) is 14.7. The maximum atomic E-state index is 14.4. The summed E-state index contributed by atoms with van der Waals surface area (Å²) < 4.78 is 0. The van der Waals surface area contributed by atoms with Crippen LogP contribution in [0.4, 0.5) is 5.69 Å². The molecule has 1 aliphatic carbocycles. The number of pyridine rings is 1. The average Bonchev–Trinajstić information content (AvgIpc) is 3.71. The molecule has 274 valence electrons. The zero-order valence-corrected chi connectivity index (χ0v) is 29.6. The lowest BCUT2D eigenvalue weighted by Gasteiger charge is -2.32. The first-order valence-corrected chi connectivity index (χ1v) is 17.6. The molecule has 3 aromatic rings. The van der Waals surface area contributed by atoms with Crippen molar-refractivity contribution in [1.29, 1.82) is 0 Å². The smallest absolute Gasteiger partial charge is 0.326 e. The average molecular weight is 732 g/mol. The molecule has 4 amide bonds. The second kappa shape index (κ2) is 16.8. The Morgan fingerprint density at radius 3 is 2.25 bits per heavy atom. The molecule has 5 rings (SSSR count). The van der Waals surface area contributed by atoms with E-state index in [1.807, 2.05) is 0 Å². The van der Waals surface area contributed by atoms with E-state index in [0.717, 1.165) is 12.8 Å². The first-order chi connectivity index (χ1) is 24.9. The van der Waals surface area contributed by atoms with E-state index < -0.39 is 53.8 Å². The molecule has 2 aliphatic rings. The topological polar surface area (TPSA) is 186 Å². The molecule has 52 heavy (non-hydrogen) atoms. The number of carboxylic acids is 2. The molecule has 4 N–H and O–H groups in total. The van der Waals surface area contributed by atoms with E-state index in [1.54, 1.807) is 73.1 Å². The summed E-state index contributed by atoms with van der Waals surface area (Å²) in [5, 5.41) is 25.4. The molecule has 2 aromatic carbocycles. The first kappa shape index (κ1) is 37.9. The van der Waals surface area contributed by atoms with Crippen LogP contribution in [-0.2, 0) is 41.6 Å². The number of rotatable bonds is 15. The van der Waals surface area contributed by atoms with Crippen LogP contribution in [0.3, 0.4) is 0 Å². The van der Waals surface area contributed by atoms with E-state index in [9.17, 15) is 39.0 Å². The predicted octanol–water partition coefficient (Wildman–Crippen LogP) is 4.28. The SMILES string of the molecule is CC(=O)NCCC1(C(=O)NC(Cc2ccc(N3C(=O)C(Cc4cccnc4)N(C(=O)CCC(=O)O)C3c3ccc(Cl)cc3)cc2)C(=O)O)CCCC1. The predicted molar refractivity (Wildman–Crippen MR) is 191 cm³/mol. The molecule has 0 radical (unpaired) electrons. The minimum Gasteiger partial charge on any atom is -0.481 e. The standard InChI is InChI=1S/C38H42ClN5O8/c1-24(45)41-20-18-38(16-2-3-17-38)37(52)42-30(36(50)51)21-25-6-12-29(13-7-25)43-34(27-8-10-28(39)11-9-27)44(32(46)14-15-33(47)48)31(35(43)49)22-26-5-4-19-40-23-26/h4-13,19,23,30-31,34H,2-3,14-18,20-22H2,1H3,(H,41,45)(H,42,52)(H,47,48)(H,50,51). The molecule has 13 nitrogen and oxygen atoms in total. The lowest BCUT2D eigenvalue weighted by atomic mass is 9.81. The number of nitrogens with zero attached hydrogens (tertiary/aromatic N) is 3. The molecular weight excluding hydrogens is 690 g/mol. The molecule has 1 saturated heterocycles. The van der Waals surface area contributed by atoms with Gasteiger partial charge in [-0.2, -0.15) is 0 Å². The van der Waals surface area contributed by atoms with E-state index in [1.165, 1.54) is 16.7 Å². The molecular formula is C38H42ClN5O8. The lowest BCUT2D eigenvalue weighted by molar-refractivity contribution is -0.144. The van der Waals surface area contributed by atoms with Gasteiger partial charge in [-0.15, -0.1) is 0 Å². The van der Waals surface area contributed by atoms with Gasteiger partial charge in [0.2, 0.25) is 17.7 Å². The van der Waals surface area contributed by atoms with Gasteiger partial charge in [0.05, 0.1) is 11.8 Å². The van der Waals surface area contributed by atoms with Crippen molar-refractivity contribution in [1.82, 2.24) is 20.5 Å². The number of carboxylic acid groups (broad SMARTS) is 2. The maximum Gasteiger partial charge on any atom is 0.326 e. The van der Waals surface area contributed by atoms with Gasteiger partial charge < -0.3 is 25.7 Å². The number of amides is 4. The van der Waals surface area contributed by atoms with Gasteiger partial charge in [-0.05, 0) is 66.3 Å². The van der Waals surface area contributed by atoms with Gasteiger partial charge in [0, 0.05) is 55.8 Å². The van der Waals surface area contributed by atoms with E-state index in [-0.39, 0.29) is 31.1 Å². The Kier molecular flexibility index (Phi) is 12.3. The quantitative estimate of drug-likeness (QED) is 0.177. The molecule has 0 spiro atoms. The third-order valence-corrected chi connectivity index (χ3v) is 10.1. The van der Waals surface area contributed by atoms with Gasteiger partial charge in [0.25, 0.3) is 5.91 Å². The van der Waals surface area contributed by atoms with Crippen LogP contribution >= 0.6 is 11.6 Å². The molecule has 1 saturated carbocycles. The van der Waals surface area contributed by atoms with Crippen LogP contribution in [0.1, 0.15) is 74.7 Å². The number of nitrogens with one attached hydrogen (secondary N) is 2. The van der Waals surface area contributed by atoms with Gasteiger partial charge in [0.1, 0.15) is 18.2 Å². The van der Waals surface area contributed by atoms with Gasteiger partial charge in [-0.25, -0.2) is 4.79 Å². The zero-order chi connectivity index (χ0) is 37.4. The van der Waals surface area contributed by atoms with Gasteiger partial charge in [0.15, 0.2) is 0 Å². The van der Waals surface area contributed by atoms with Gasteiger partial charge >= 0.3 is 11.9 Å². The molecule has 14 heteroatoms. The van der Waals surface area contributed by atoms with Crippen molar-refractivity contribution in [3.8, 4) is 0 Å². The Hall–Kier alpha value is -5.30. The molecule has 2 heterocycles. The van der Waals surface area contributed by atoms with E-state index in [2.05, 4.69) is 15.6 Å². The Morgan fingerprint density at radius 1 is 0.962 bits per heavy atom. The third kappa shape index (κ3) is 8.94. The molecule has 3 atom stereocenters. The Bertz CT molecular complexity index is 1780. The number of hydrogen-bond donors (Lipinski definition) is 4.